The predicted octanol–water partition coefficient (Wildman–Crippen LogP) is 5.72. The molecule has 1 N–H and O–H groups in total. The fourth-order valence-corrected chi connectivity index (χ4v) is 5.20. The van der Waals surface area contributed by atoms with Gasteiger partial charge in [0.05, 0.1) is 25.9 Å². The van der Waals surface area contributed by atoms with Crippen molar-refractivity contribution in [1.82, 2.24) is 5.32 Å². The zero-order valence-corrected chi connectivity index (χ0v) is 21.9. The van der Waals surface area contributed by atoms with Crippen molar-refractivity contribution in [2.24, 2.45) is 0 Å². The van der Waals surface area contributed by atoms with E-state index >= 15 is 0 Å². The van der Waals surface area contributed by atoms with Gasteiger partial charge < -0.3 is 19.5 Å². The highest BCUT2D eigenvalue weighted by Crippen LogP contribution is 2.47. The summed E-state index contributed by atoms with van der Waals surface area (Å²) in [4.78, 5) is 27.2. The molecule has 2 aliphatic rings. The first-order valence-electron chi connectivity index (χ1n) is 12.5. The molecule has 0 bridgehead atoms. The Bertz CT molecular complexity index is 1240. The number of ketones is 1. The monoisotopic (exact) mass is 489 g/mol. The largest absolute Gasteiger partial charge is 0.493 e. The molecule has 0 unspecified atom stereocenters. The molecule has 1 aliphatic heterocycles. The lowest BCUT2D eigenvalue weighted by Crippen LogP contribution is -2.36. The number of Topliss-reactive ketones (excluding diaryl/α,β-unsaturated/α-hetero) is 1. The summed E-state index contributed by atoms with van der Waals surface area (Å²) < 4.78 is 16.6. The van der Waals surface area contributed by atoms with E-state index in [-0.39, 0.29) is 23.8 Å². The lowest BCUT2D eigenvalue weighted by molar-refractivity contribution is -0.144. The van der Waals surface area contributed by atoms with E-state index in [4.69, 9.17) is 14.2 Å². The number of rotatable bonds is 7. The molecule has 6 heteroatoms. The highest BCUT2D eigenvalue weighted by molar-refractivity contribution is 6.04. The first kappa shape index (κ1) is 25.5. The molecule has 0 fully saturated rings. The molecule has 0 saturated heterocycles. The molecule has 6 nitrogen and oxygen atoms in total. The molecule has 0 aromatic heterocycles. The Morgan fingerprint density at radius 3 is 2.44 bits per heavy atom. The molecular weight excluding hydrogens is 454 g/mol. The molecule has 0 radical (unpaired) electrons. The van der Waals surface area contributed by atoms with Gasteiger partial charge in [0.1, 0.15) is 0 Å². The van der Waals surface area contributed by atoms with E-state index in [1.165, 1.54) is 0 Å². The van der Waals surface area contributed by atoms with Crippen molar-refractivity contribution in [2.45, 2.75) is 64.9 Å². The Morgan fingerprint density at radius 2 is 1.78 bits per heavy atom. The molecule has 2 aromatic carbocycles. The van der Waals surface area contributed by atoms with Crippen molar-refractivity contribution >= 4 is 11.8 Å². The number of aryl methyl sites for hydroxylation is 1. The van der Waals surface area contributed by atoms with Gasteiger partial charge in [-0.05, 0) is 68.4 Å². The highest BCUT2D eigenvalue weighted by atomic mass is 16.5. The van der Waals surface area contributed by atoms with Crippen molar-refractivity contribution in [3.05, 3.63) is 81.7 Å². The van der Waals surface area contributed by atoms with Crippen LogP contribution in [-0.4, -0.2) is 32.1 Å². The molecule has 1 heterocycles. The van der Waals surface area contributed by atoms with Crippen LogP contribution in [0.5, 0.6) is 11.5 Å². The fraction of sp³-hybridized carbons (Fsp3) is 0.400. The van der Waals surface area contributed by atoms with Crippen LogP contribution < -0.4 is 14.8 Å². The van der Waals surface area contributed by atoms with Crippen molar-refractivity contribution in [1.29, 1.82) is 0 Å². The first-order chi connectivity index (χ1) is 17.3. The summed E-state index contributed by atoms with van der Waals surface area (Å²) in [6.07, 6.45) is 1.53. The van der Waals surface area contributed by atoms with E-state index in [9.17, 15) is 9.59 Å². The van der Waals surface area contributed by atoms with Crippen LogP contribution in [0.4, 0.5) is 0 Å². The second kappa shape index (κ2) is 10.6. The molecule has 0 saturated carbocycles. The van der Waals surface area contributed by atoms with Gasteiger partial charge in [-0.25, -0.2) is 4.79 Å². The van der Waals surface area contributed by atoms with Crippen LogP contribution in [0.1, 0.15) is 68.6 Å². The standard InChI is InChI=1S/C30H35NO5/c1-7-18(3)36-30(33)27-19(4)31-23-14-21(20-12-13-25(34-5)26(16-20)35-6)15-24(32)29(23)28(27)22-11-9-8-10-17(22)2/h8-13,16,18,21,28,31H,7,14-15H2,1-6H3/t18-,21+,28-/m1/s1. The van der Waals surface area contributed by atoms with Crippen LogP contribution in [0.15, 0.2) is 65.0 Å². The predicted molar refractivity (Wildman–Crippen MR) is 139 cm³/mol. The minimum atomic E-state index is -0.460. The van der Waals surface area contributed by atoms with Crippen molar-refractivity contribution in [3.8, 4) is 11.5 Å². The van der Waals surface area contributed by atoms with Crippen LogP contribution in [0.2, 0.25) is 0 Å². The summed E-state index contributed by atoms with van der Waals surface area (Å²) in [7, 11) is 3.22. The number of esters is 1. The van der Waals surface area contributed by atoms with Gasteiger partial charge in [0.15, 0.2) is 17.3 Å². The van der Waals surface area contributed by atoms with Gasteiger partial charge >= 0.3 is 5.97 Å². The summed E-state index contributed by atoms with van der Waals surface area (Å²) in [5.41, 5.74) is 5.80. The number of allylic oxidation sites excluding steroid dienone is 3. The molecule has 4 rings (SSSR count). The maximum atomic E-state index is 13.8. The smallest absolute Gasteiger partial charge is 0.337 e. The van der Waals surface area contributed by atoms with Crippen molar-refractivity contribution in [2.75, 3.05) is 14.2 Å². The topological polar surface area (TPSA) is 73.9 Å². The Kier molecular flexibility index (Phi) is 7.53. The van der Waals surface area contributed by atoms with Crippen molar-refractivity contribution in [3.63, 3.8) is 0 Å². The molecule has 1 aliphatic carbocycles. The van der Waals surface area contributed by atoms with Gasteiger partial charge in [0, 0.05) is 29.3 Å². The number of dihydropyridines is 1. The van der Waals surface area contributed by atoms with E-state index in [0.717, 1.165) is 34.5 Å². The molecule has 3 atom stereocenters. The van der Waals surface area contributed by atoms with E-state index < -0.39 is 5.92 Å². The Morgan fingerprint density at radius 1 is 1.06 bits per heavy atom. The average Bonchev–Trinajstić information content (AvgIpc) is 2.87. The highest BCUT2D eigenvalue weighted by Gasteiger charge is 2.42. The third kappa shape index (κ3) is 4.77. The van der Waals surface area contributed by atoms with E-state index in [1.54, 1.807) is 14.2 Å². The summed E-state index contributed by atoms with van der Waals surface area (Å²) in [6.45, 7) is 7.78. The maximum Gasteiger partial charge on any atom is 0.337 e. The summed E-state index contributed by atoms with van der Waals surface area (Å²) in [5.74, 6) is 0.493. The molecule has 190 valence electrons. The number of methoxy groups -OCH3 is 2. The van der Waals surface area contributed by atoms with E-state index in [0.29, 0.717) is 35.5 Å². The van der Waals surface area contributed by atoms with Crippen LogP contribution in [0.3, 0.4) is 0 Å². The summed E-state index contributed by atoms with van der Waals surface area (Å²) in [5, 5.41) is 3.42. The van der Waals surface area contributed by atoms with Gasteiger partial charge in [-0.1, -0.05) is 37.3 Å². The minimum absolute atomic E-state index is 0.0116. The SMILES string of the molecule is CC[C@@H](C)OC(=O)C1=C(C)NC2=C(C(=O)C[C@@H](c3ccc(OC)c(OC)c3)C2)[C@@H]1c1ccccc1C. The Labute approximate surface area is 213 Å². The van der Waals surface area contributed by atoms with Gasteiger partial charge in [-0.15, -0.1) is 0 Å². The second-order valence-corrected chi connectivity index (χ2v) is 9.61. The maximum absolute atomic E-state index is 13.8. The van der Waals surface area contributed by atoms with Crippen LogP contribution in [-0.2, 0) is 14.3 Å². The molecule has 36 heavy (non-hydrogen) atoms. The average molecular weight is 490 g/mol. The molecule has 0 amide bonds. The molecule has 0 spiro atoms. The second-order valence-electron chi connectivity index (χ2n) is 9.61. The van der Waals surface area contributed by atoms with E-state index in [1.807, 2.05) is 70.2 Å². The molecule has 2 aromatic rings. The summed E-state index contributed by atoms with van der Waals surface area (Å²) in [6, 6.07) is 13.8. The summed E-state index contributed by atoms with van der Waals surface area (Å²) >= 11 is 0. The number of carbonyl (C=O) groups is 2. The zero-order chi connectivity index (χ0) is 26.0. The van der Waals surface area contributed by atoms with Crippen molar-refractivity contribution < 1.29 is 23.8 Å². The lowest BCUT2D eigenvalue weighted by atomic mass is 9.71. The number of carbonyl (C=O) groups excluding carboxylic acids is 2. The van der Waals surface area contributed by atoms with Gasteiger partial charge in [-0.3, -0.25) is 4.79 Å². The third-order valence-corrected chi connectivity index (χ3v) is 7.31. The quantitative estimate of drug-likeness (QED) is 0.502. The number of hydrogen-bond acceptors (Lipinski definition) is 6. The third-order valence-electron chi connectivity index (χ3n) is 7.31. The fourth-order valence-electron chi connectivity index (χ4n) is 5.20. The lowest BCUT2D eigenvalue weighted by Gasteiger charge is -2.37. The van der Waals surface area contributed by atoms with E-state index in [2.05, 4.69) is 5.32 Å². The van der Waals surface area contributed by atoms with Crippen LogP contribution in [0.25, 0.3) is 0 Å². The van der Waals surface area contributed by atoms with Gasteiger partial charge in [0.2, 0.25) is 0 Å². The van der Waals surface area contributed by atoms with Crippen LogP contribution in [0, 0.1) is 6.92 Å². The minimum Gasteiger partial charge on any atom is -0.493 e. The van der Waals surface area contributed by atoms with Crippen LogP contribution >= 0.6 is 0 Å². The number of nitrogens with one attached hydrogen (secondary N) is 1. The van der Waals surface area contributed by atoms with Gasteiger partial charge in [0.25, 0.3) is 0 Å². The van der Waals surface area contributed by atoms with Gasteiger partial charge in [-0.2, -0.15) is 0 Å². The number of hydrogen-bond donors (Lipinski definition) is 1. The Balaban J connectivity index is 1.77. The molecular formula is C30H35NO5. The normalized spacial score (nSPS) is 20.4. The Hall–Kier alpha value is -3.54. The first-order valence-corrected chi connectivity index (χ1v) is 12.5. The zero-order valence-electron chi connectivity index (χ0n) is 21.9. The number of benzene rings is 2. The number of ether oxygens (including phenoxy) is 3.